The Bertz CT molecular complexity index is 841. The lowest BCUT2D eigenvalue weighted by atomic mass is 9.93. The van der Waals surface area contributed by atoms with Crippen LogP contribution in [0.4, 0.5) is 0 Å². The summed E-state index contributed by atoms with van der Waals surface area (Å²) in [6.45, 7) is 7.19. The van der Waals surface area contributed by atoms with E-state index in [9.17, 15) is 14.4 Å². The number of esters is 1. The molecule has 0 bridgehead atoms. The first-order valence-electron chi connectivity index (χ1n) is 8.40. The van der Waals surface area contributed by atoms with Crippen molar-refractivity contribution in [1.82, 2.24) is 5.32 Å². The minimum Gasteiger partial charge on any atom is -0.456 e. The fourth-order valence-corrected chi connectivity index (χ4v) is 2.62. The molecule has 0 spiro atoms. The Morgan fingerprint density at radius 2 is 1.58 bits per heavy atom. The summed E-state index contributed by atoms with van der Waals surface area (Å²) in [5.41, 5.74) is 5.16. The monoisotopic (exact) mass is 353 g/mol. The van der Waals surface area contributed by atoms with Crippen molar-refractivity contribution in [2.45, 2.75) is 27.7 Å². The van der Waals surface area contributed by atoms with Gasteiger partial charge in [-0.1, -0.05) is 18.2 Å². The number of hydrogen-bond donors (Lipinski definition) is 1. The quantitative estimate of drug-likeness (QED) is 0.640. The third-order valence-electron chi connectivity index (χ3n) is 4.58. The van der Waals surface area contributed by atoms with Crippen LogP contribution < -0.4 is 5.32 Å². The second-order valence-corrected chi connectivity index (χ2v) is 6.25. The van der Waals surface area contributed by atoms with Crippen LogP contribution in [0.2, 0.25) is 0 Å². The van der Waals surface area contributed by atoms with E-state index in [-0.39, 0.29) is 24.8 Å². The van der Waals surface area contributed by atoms with Crippen LogP contribution in [0, 0.1) is 27.7 Å². The molecule has 0 aliphatic rings. The number of Topliss-reactive ketones (excluding diaryl/α,β-unsaturated/α-hetero) is 1. The van der Waals surface area contributed by atoms with Crippen LogP contribution in [0.15, 0.2) is 36.4 Å². The second kappa shape index (κ2) is 8.43. The Morgan fingerprint density at radius 1 is 0.923 bits per heavy atom. The van der Waals surface area contributed by atoms with Crippen LogP contribution in [-0.4, -0.2) is 30.8 Å². The molecule has 1 amide bonds. The fourth-order valence-electron chi connectivity index (χ4n) is 2.62. The molecule has 0 saturated carbocycles. The van der Waals surface area contributed by atoms with Crippen molar-refractivity contribution in [2.75, 3.05) is 13.2 Å². The molecule has 0 unspecified atom stereocenters. The predicted octanol–water partition coefficient (Wildman–Crippen LogP) is 3.08. The van der Waals surface area contributed by atoms with Crippen LogP contribution in [0.25, 0.3) is 0 Å². The maximum Gasteiger partial charge on any atom is 0.325 e. The first-order valence-corrected chi connectivity index (χ1v) is 8.40. The lowest BCUT2D eigenvalue weighted by Gasteiger charge is -2.13. The van der Waals surface area contributed by atoms with Gasteiger partial charge in [-0.25, -0.2) is 0 Å². The molecule has 136 valence electrons. The van der Waals surface area contributed by atoms with Gasteiger partial charge in [0.1, 0.15) is 6.54 Å². The van der Waals surface area contributed by atoms with Gasteiger partial charge in [0, 0.05) is 11.1 Å². The summed E-state index contributed by atoms with van der Waals surface area (Å²) in [5.74, 6) is -1.27. The highest BCUT2D eigenvalue weighted by Crippen LogP contribution is 2.21. The summed E-state index contributed by atoms with van der Waals surface area (Å²) in [6, 6.07) is 10.4. The Balaban J connectivity index is 1.90. The molecule has 0 radical (unpaired) electrons. The molecule has 0 fully saturated rings. The lowest BCUT2D eigenvalue weighted by Crippen LogP contribution is -2.31. The molecule has 0 atom stereocenters. The van der Waals surface area contributed by atoms with Gasteiger partial charge in [0.05, 0.1) is 0 Å². The average Bonchev–Trinajstić information content (AvgIpc) is 2.65. The molecule has 5 nitrogen and oxygen atoms in total. The van der Waals surface area contributed by atoms with Crippen LogP contribution in [0.3, 0.4) is 0 Å². The molecule has 0 heterocycles. The maximum absolute atomic E-state index is 12.4. The first kappa shape index (κ1) is 19.4. The molecule has 5 heteroatoms. The minimum atomic E-state index is -0.652. The van der Waals surface area contributed by atoms with Gasteiger partial charge in [0.25, 0.3) is 5.91 Å². The van der Waals surface area contributed by atoms with Crippen molar-refractivity contribution < 1.29 is 19.1 Å². The number of carbonyl (C=O) groups is 3. The third-order valence-corrected chi connectivity index (χ3v) is 4.58. The number of carbonyl (C=O) groups excluding carboxylic acids is 3. The largest absolute Gasteiger partial charge is 0.456 e. The van der Waals surface area contributed by atoms with Gasteiger partial charge in [0.2, 0.25) is 5.78 Å². The molecule has 0 saturated heterocycles. The molecule has 0 aliphatic heterocycles. The Hall–Kier alpha value is -2.95. The summed E-state index contributed by atoms with van der Waals surface area (Å²) in [5, 5.41) is 2.47. The fraction of sp³-hybridized carbons (Fsp3) is 0.286. The van der Waals surface area contributed by atoms with E-state index in [1.54, 1.807) is 30.3 Å². The SMILES string of the molecule is Cc1cc(C(=O)COC(=O)CNC(=O)c2ccccc2)c(C)c(C)c1C. The van der Waals surface area contributed by atoms with Gasteiger partial charge in [0.15, 0.2) is 6.61 Å². The normalized spacial score (nSPS) is 10.3. The van der Waals surface area contributed by atoms with E-state index >= 15 is 0 Å². The zero-order chi connectivity index (χ0) is 19.3. The summed E-state index contributed by atoms with van der Waals surface area (Å²) in [4.78, 5) is 36.1. The summed E-state index contributed by atoms with van der Waals surface area (Å²) < 4.78 is 5.01. The minimum absolute atomic E-state index is 0.253. The number of nitrogens with one attached hydrogen (secondary N) is 1. The Labute approximate surface area is 153 Å². The molecule has 2 aromatic rings. The van der Waals surface area contributed by atoms with Crippen LogP contribution >= 0.6 is 0 Å². The van der Waals surface area contributed by atoms with E-state index < -0.39 is 5.97 Å². The third kappa shape index (κ3) is 4.57. The highest BCUT2D eigenvalue weighted by atomic mass is 16.5. The van der Waals surface area contributed by atoms with Crippen LogP contribution in [0.5, 0.6) is 0 Å². The highest BCUT2D eigenvalue weighted by Gasteiger charge is 2.16. The average molecular weight is 353 g/mol. The van der Waals surface area contributed by atoms with E-state index in [2.05, 4.69) is 5.32 Å². The number of aryl methyl sites for hydroxylation is 1. The lowest BCUT2D eigenvalue weighted by molar-refractivity contribution is -0.141. The summed E-state index contributed by atoms with van der Waals surface area (Å²) in [6.07, 6.45) is 0. The van der Waals surface area contributed by atoms with Crippen molar-refractivity contribution in [2.24, 2.45) is 0 Å². The standard InChI is InChI=1S/C21H23NO4/c1-13-10-18(16(4)15(3)14(13)2)19(23)12-26-20(24)11-22-21(25)17-8-6-5-7-9-17/h5-10H,11-12H2,1-4H3,(H,22,25). The van der Waals surface area contributed by atoms with Gasteiger partial charge < -0.3 is 10.1 Å². The molecule has 2 aromatic carbocycles. The number of benzene rings is 2. The smallest absolute Gasteiger partial charge is 0.325 e. The highest BCUT2D eigenvalue weighted by molar-refractivity contribution is 6.00. The van der Waals surface area contributed by atoms with Gasteiger partial charge >= 0.3 is 5.97 Å². The molecule has 0 aliphatic carbocycles. The van der Waals surface area contributed by atoms with Crippen LogP contribution in [0.1, 0.15) is 43.0 Å². The predicted molar refractivity (Wildman–Crippen MR) is 99.5 cm³/mol. The summed E-state index contributed by atoms with van der Waals surface area (Å²) in [7, 11) is 0. The van der Waals surface area contributed by atoms with E-state index in [0.29, 0.717) is 11.1 Å². The number of ketones is 1. The summed E-state index contributed by atoms with van der Waals surface area (Å²) >= 11 is 0. The van der Waals surface area contributed by atoms with Crippen molar-refractivity contribution in [3.8, 4) is 0 Å². The molecular weight excluding hydrogens is 330 g/mol. The molecule has 26 heavy (non-hydrogen) atoms. The number of rotatable bonds is 6. The zero-order valence-corrected chi connectivity index (χ0v) is 15.5. The van der Waals surface area contributed by atoms with E-state index in [0.717, 1.165) is 22.3 Å². The maximum atomic E-state index is 12.4. The second-order valence-electron chi connectivity index (χ2n) is 6.25. The van der Waals surface area contributed by atoms with Crippen molar-refractivity contribution in [3.05, 3.63) is 69.8 Å². The van der Waals surface area contributed by atoms with Gasteiger partial charge in [-0.2, -0.15) is 0 Å². The molecule has 2 rings (SSSR count). The van der Waals surface area contributed by atoms with E-state index in [1.807, 2.05) is 33.8 Å². The van der Waals surface area contributed by atoms with Gasteiger partial charge in [-0.05, 0) is 68.1 Å². The van der Waals surface area contributed by atoms with E-state index in [4.69, 9.17) is 4.74 Å². The van der Waals surface area contributed by atoms with Crippen molar-refractivity contribution in [1.29, 1.82) is 0 Å². The van der Waals surface area contributed by atoms with Crippen molar-refractivity contribution in [3.63, 3.8) is 0 Å². The number of amides is 1. The van der Waals surface area contributed by atoms with Gasteiger partial charge in [-0.3, -0.25) is 14.4 Å². The molecule has 0 aromatic heterocycles. The Kier molecular flexibility index (Phi) is 6.28. The topological polar surface area (TPSA) is 72.5 Å². The zero-order valence-electron chi connectivity index (χ0n) is 15.5. The van der Waals surface area contributed by atoms with Gasteiger partial charge in [-0.15, -0.1) is 0 Å². The molecule has 1 N–H and O–H groups in total. The van der Waals surface area contributed by atoms with Crippen LogP contribution in [-0.2, 0) is 9.53 Å². The number of ether oxygens (including phenoxy) is 1. The first-order chi connectivity index (χ1) is 12.3. The Morgan fingerprint density at radius 3 is 2.23 bits per heavy atom. The molecular formula is C21H23NO4. The van der Waals surface area contributed by atoms with Crippen molar-refractivity contribution >= 4 is 17.7 Å². The number of hydrogen-bond acceptors (Lipinski definition) is 4. The van der Waals surface area contributed by atoms with E-state index in [1.165, 1.54) is 0 Å².